The quantitative estimate of drug-likeness (QED) is 0.245. The first-order valence-corrected chi connectivity index (χ1v) is 11.5. The summed E-state index contributed by atoms with van der Waals surface area (Å²) in [7, 11) is 0. The molecule has 0 saturated heterocycles. The molecule has 0 unspecified atom stereocenters. The molecule has 0 bridgehead atoms. The minimum absolute atomic E-state index is 0.0333. The second-order valence-electron chi connectivity index (χ2n) is 7.43. The van der Waals surface area contributed by atoms with Gasteiger partial charge in [-0.1, -0.05) is 19.8 Å². The summed E-state index contributed by atoms with van der Waals surface area (Å²) in [5.41, 5.74) is 4.08. The van der Waals surface area contributed by atoms with E-state index in [1.165, 1.54) is 0 Å². The molecule has 172 valence electrons. The molecule has 3 amide bonds. The van der Waals surface area contributed by atoms with Crippen molar-refractivity contribution in [1.29, 1.82) is 0 Å². The van der Waals surface area contributed by atoms with Gasteiger partial charge in [0, 0.05) is 26.8 Å². The predicted octanol–water partition coefficient (Wildman–Crippen LogP) is 3.38. The number of carboxylic acid groups (broad SMARTS) is 1. The van der Waals surface area contributed by atoms with Gasteiger partial charge >= 0.3 is 5.97 Å². The molecule has 2 aromatic carbocycles. The van der Waals surface area contributed by atoms with Crippen molar-refractivity contribution in [1.82, 2.24) is 5.43 Å². The maximum atomic E-state index is 12.7. The third-order valence-electron chi connectivity index (χ3n) is 4.95. The summed E-state index contributed by atoms with van der Waals surface area (Å²) in [6, 6.07) is 11.4. The number of anilines is 2. The molecular formula is C23H23IN4O5. The van der Waals surface area contributed by atoms with Crippen LogP contribution in [0.1, 0.15) is 48.5 Å². The molecule has 0 fully saturated rings. The maximum Gasteiger partial charge on any atom is 0.323 e. The summed E-state index contributed by atoms with van der Waals surface area (Å²) >= 11 is 2.08. The molecule has 3 rings (SSSR count). The summed E-state index contributed by atoms with van der Waals surface area (Å²) in [4.78, 5) is 49.5. The summed E-state index contributed by atoms with van der Waals surface area (Å²) in [6.45, 7) is 1.56. The van der Waals surface area contributed by atoms with E-state index in [2.05, 4.69) is 45.4 Å². The molecule has 3 N–H and O–H groups in total. The van der Waals surface area contributed by atoms with Crippen LogP contribution in [0.25, 0.3) is 0 Å². The number of hydrazone groups is 1. The lowest BCUT2D eigenvalue weighted by atomic mass is 10.1. The molecule has 0 radical (unpaired) electrons. The van der Waals surface area contributed by atoms with Gasteiger partial charge in [0.2, 0.25) is 5.91 Å². The van der Waals surface area contributed by atoms with Crippen LogP contribution < -0.4 is 15.6 Å². The molecule has 1 aliphatic heterocycles. The van der Waals surface area contributed by atoms with Crippen molar-refractivity contribution in [3.05, 3.63) is 57.2 Å². The van der Waals surface area contributed by atoms with E-state index in [-0.39, 0.29) is 11.6 Å². The average molecular weight is 562 g/mol. The first-order valence-electron chi connectivity index (χ1n) is 10.4. The van der Waals surface area contributed by atoms with E-state index in [1.807, 2.05) is 0 Å². The number of halogens is 1. The van der Waals surface area contributed by atoms with Crippen LogP contribution in [0.5, 0.6) is 0 Å². The second-order valence-corrected chi connectivity index (χ2v) is 8.68. The monoisotopic (exact) mass is 562 g/mol. The van der Waals surface area contributed by atoms with E-state index in [9.17, 15) is 19.2 Å². The lowest BCUT2D eigenvalue weighted by Gasteiger charge is -2.13. The Morgan fingerprint density at radius 1 is 1.09 bits per heavy atom. The van der Waals surface area contributed by atoms with E-state index in [0.717, 1.165) is 27.7 Å². The van der Waals surface area contributed by atoms with Gasteiger partial charge in [-0.25, -0.2) is 5.43 Å². The molecule has 0 spiro atoms. The van der Waals surface area contributed by atoms with Crippen molar-refractivity contribution >= 4 is 63.4 Å². The van der Waals surface area contributed by atoms with E-state index in [1.54, 1.807) is 42.5 Å². The summed E-state index contributed by atoms with van der Waals surface area (Å²) in [5.74, 6) is -2.38. The van der Waals surface area contributed by atoms with Crippen LogP contribution in [0.2, 0.25) is 0 Å². The lowest BCUT2D eigenvalue weighted by Crippen LogP contribution is -2.35. The number of hydrogen-bond acceptors (Lipinski definition) is 5. The molecule has 33 heavy (non-hydrogen) atoms. The molecule has 0 aliphatic carbocycles. The number of amides is 3. The zero-order valence-electron chi connectivity index (χ0n) is 17.9. The Kier molecular flexibility index (Phi) is 8.15. The summed E-state index contributed by atoms with van der Waals surface area (Å²) in [5, 5.41) is 15.9. The largest absolute Gasteiger partial charge is 0.480 e. The third-order valence-corrected chi connectivity index (χ3v) is 5.62. The highest BCUT2D eigenvalue weighted by molar-refractivity contribution is 14.1. The van der Waals surface area contributed by atoms with Crippen LogP contribution in [0.15, 0.2) is 47.6 Å². The number of fused-ring (bicyclic) bond motifs is 1. The Bertz CT molecular complexity index is 1110. The van der Waals surface area contributed by atoms with E-state index < -0.39 is 24.3 Å². The number of benzene rings is 2. The number of hydrogen-bond donors (Lipinski definition) is 3. The van der Waals surface area contributed by atoms with Gasteiger partial charge in [0.25, 0.3) is 11.8 Å². The Morgan fingerprint density at radius 2 is 1.82 bits per heavy atom. The number of nitrogens with zero attached hydrogens (tertiary/aromatic N) is 2. The number of unbranched alkanes of at least 4 members (excludes halogenated alkanes) is 2. The van der Waals surface area contributed by atoms with Gasteiger partial charge in [-0.2, -0.15) is 5.10 Å². The topological polar surface area (TPSA) is 128 Å². The van der Waals surface area contributed by atoms with Crippen LogP contribution >= 0.6 is 22.6 Å². The fourth-order valence-electron chi connectivity index (χ4n) is 3.32. The SMILES string of the molecule is CCCCCC(=O)Nc1ccc(C(=O)NN=C2C(=O)N(CC(=O)O)c3ccc(I)cc32)cc1. The first kappa shape index (κ1) is 24.4. The second kappa shape index (κ2) is 11.0. The molecule has 9 nitrogen and oxygen atoms in total. The van der Waals surface area contributed by atoms with E-state index in [4.69, 9.17) is 5.11 Å². The Balaban J connectivity index is 1.70. The van der Waals surface area contributed by atoms with Gasteiger partial charge in [-0.05, 0) is 71.5 Å². The van der Waals surface area contributed by atoms with Gasteiger partial charge in [0.15, 0.2) is 5.71 Å². The highest BCUT2D eigenvalue weighted by Gasteiger charge is 2.35. The molecule has 0 aromatic heterocycles. The number of carbonyl (C=O) groups is 4. The normalized spacial score (nSPS) is 13.7. The van der Waals surface area contributed by atoms with Crippen LogP contribution in [-0.2, 0) is 14.4 Å². The van der Waals surface area contributed by atoms with Crippen molar-refractivity contribution < 1.29 is 24.3 Å². The lowest BCUT2D eigenvalue weighted by molar-refractivity contribution is -0.136. The van der Waals surface area contributed by atoms with E-state index in [0.29, 0.717) is 28.9 Å². The highest BCUT2D eigenvalue weighted by Crippen LogP contribution is 2.30. The fraction of sp³-hybridized carbons (Fsp3) is 0.261. The molecule has 0 atom stereocenters. The molecule has 1 aliphatic rings. The first-order chi connectivity index (χ1) is 15.8. The third kappa shape index (κ3) is 6.15. The van der Waals surface area contributed by atoms with Crippen molar-refractivity contribution in [3.8, 4) is 0 Å². The van der Waals surface area contributed by atoms with Gasteiger partial charge in [-0.3, -0.25) is 24.1 Å². The van der Waals surface area contributed by atoms with Crippen LogP contribution in [0, 0.1) is 3.57 Å². The Morgan fingerprint density at radius 3 is 2.48 bits per heavy atom. The standard InChI is InChI=1S/C23H23IN4O5/c1-2-3-4-5-19(29)25-16-9-6-14(7-10-16)22(32)27-26-21-17-12-15(24)8-11-18(17)28(23(21)33)13-20(30)31/h6-12H,2-5,13H2,1H3,(H,25,29)(H,27,32)(H,30,31). The number of carbonyl (C=O) groups excluding carboxylic acids is 3. The smallest absolute Gasteiger partial charge is 0.323 e. The number of aliphatic carboxylic acids is 1. The number of carboxylic acids is 1. The molecule has 1 heterocycles. The summed E-state index contributed by atoms with van der Waals surface area (Å²) < 4.78 is 0.836. The average Bonchev–Trinajstić information content (AvgIpc) is 3.02. The van der Waals surface area contributed by atoms with Crippen molar-refractivity contribution in [2.45, 2.75) is 32.6 Å². The molecule has 10 heteroatoms. The molecular weight excluding hydrogens is 539 g/mol. The van der Waals surface area contributed by atoms with Crippen LogP contribution in [0.3, 0.4) is 0 Å². The molecule has 2 aromatic rings. The minimum atomic E-state index is -1.16. The zero-order valence-corrected chi connectivity index (χ0v) is 20.1. The minimum Gasteiger partial charge on any atom is -0.480 e. The van der Waals surface area contributed by atoms with Crippen molar-refractivity contribution in [3.63, 3.8) is 0 Å². The van der Waals surface area contributed by atoms with Crippen molar-refractivity contribution in [2.24, 2.45) is 5.10 Å². The van der Waals surface area contributed by atoms with Gasteiger partial charge in [0.1, 0.15) is 6.54 Å². The predicted molar refractivity (Wildman–Crippen MR) is 132 cm³/mol. The maximum absolute atomic E-state index is 12.7. The van der Waals surface area contributed by atoms with E-state index >= 15 is 0 Å². The van der Waals surface area contributed by atoms with Crippen LogP contribution in [-0.4, -0.2) is 41.1 Å². The zero-order chi connectivity index (χ0) is 24.0. The van der Waals surface area contributed by atoms with Gasteiger partial charge in [-0.15, -0.1) is 0 Å². The van der Waals surface area contributed by atoms with Crippen LogP contribution in [0.4, 0.5) is 11.4 Å². The number of nitrogens with one attached hydrogen (secondary N) is 2. The number of rotatable bonds is 9. The molecule has 0 saturated carbocycles. The highest BCUT2D eigenvalue weighted by atomic mass is 127. The van der Waals surface area contributed by atoms with Crippen molar-refractivity contribution in [2.75, 3.05) is 16.8 Å². The Hall–Kier alpha value is -3.28. The summed E-state index contributed by atoms with van der Waals surface area (Å²) in [6.07, 6.45) is 3.30. The Labute approximate surface area is 204 Å². The van der Waals surface area contributed by atoms with Gasteiger partial charge in [0.05, 0.1) is 5.69 Å². The van der Waals surface area contributed by atoms with Gasteiger partial charge < -0.3 is 10.4 Å². The fourth-order valence-corrected chi connectivity index (χ4v) is 3.81.